The Balaban J connectivity index is 1.55. The van der Waals surface area contributed by atoms with Crippen LogP contribution in [0, 0.1) is 6.92 Å². The van der Waals surface area contributed by atoms with Crippen molar-refractivity contribution in [3.63, 3.8) is 0 Å². The number of aryl methyl sites for hydroxylation is 1. The zero-order valence-corrected chi connectivity index (χ0v) is 16.8. The molecule has 3 N–H and O–H groups in total. The summed E-state index contributed by atoms with van der Waals surface area (Å²) in [4.78, 5) is 51.3. The van der Waals surface area contributed by atoms with E-state index in [9.17, 15) is 19.2 Å². The quantitative estimate of drug-likeness (QED) is 0.364. The predicted octanol–water partition coefficient (Wildman–Crippen LogP) is 0.863. The van der Waals surface area contributed by atoms with Crippen molar-refractivity contribution in [2.45, 2.75) is 18.6 Å². The van der Waals surface area contributed by atoms with Crippen molar-refractivity contribution in [1.82, 2.24) is 20.2 Å². The molecule has 0 atom stereocenters. The summed E-state index contributed by atoms with van der Waals surface area (Å²) in [5, 5.41) is 10.5. The van der Waals surface area contributed by atoms with Crippen LogP contribution in [-0.4, -0.2) is 44.9 Å². The second kappa shape index (κ2) is 9.22. The largest absolute Gasteiger partial charge is 0.465 e. The summed E-state index contributed by atoms with van der Waals surface area (Å²) >= 11 is 1.03. The van der Waals surface area contributed by atoms with Gasteiger partial charge in [-0.05, 0) is 31.2 Å². The molecule has 0 saturated heterocycles. The van der Waals surface area contributed by atoms with Crippen LogP contribution in [0.15, 0.2) is 43.5 Å². The Kier molecular flexibility index (Phi) is 6.47. The normalized spacial score (nSPS) is 10.6. The molecule has 3 aromatic rings. The number of nitrogens with zero attached hydrogens (tertiary/aromatic N) is 2. The van der Waals surface area contributed by atoms with Gasteiger partial charge in [0.05, 0.1) is 24.8 Å². The number of H-pyrrole nitrogens is 2. The molecule has 0 aliphatic carbocycles. The average molecular weight is 431 g/mol. The number of ether oxygens (including phenoxy) is 1. The molecule has 11 nitrogen and oxygen atoms in total. The summed E-state index contributed by atoms with van der Waals surface area (Å²) in [6.07, 6.45) is 0.0459. The lowest BCUT2D eigenvalue weighted by Gasteiger charge is -2.05. The number of anilines is 1. The molecular formula is C18H17N5O6S. The van der Waals surface area contributed by atoms with Gasteiger partial charge in [-0.2, -0.15) is 0 Å². The fourth-order valence-corrected chi connectivity index (χ4v) is 3.07. The highest BCUT2D eigenvalue weighted by Crippen LogP contribution is 2.18. The summed E-state index contributed by atoms with van der Waals surface area (Å²) in [6, 6.07) is 6.26. The first-order valence-electron chi connectivity index (χ1n) is 8.61. The lowest BCUT2D eigenvalue weighted by molar-refractivity contribution is -0.113. The first kappa shape index (κ1) is 21.0. The van der Waals surface area contributed by atoms with Gasteiger partial charge in [0.2, 0.25) is 11.8 Å². The number of rotatable bonds is 7. The number of carbonyl (C=O) groups is 2. The van der Waals surface area contributed by atoms with Gasteiger partial charge in [-0.3, -0.25) is 14.6 Å². The molecule has 156 valence electrons. The van der Waals surface area contributed by atoms with Crippen molar-refractivity contribution < 1.29 is 18.7 Å². The number of esters is 1. The third-order valence-electron chi connectivity index (χ3n) is 3.95. The summed E-state index contributed by atoms with van der Waals surface area (Å²) < 4.78 is 10.1. The number of aromatic amines is 2. The molecular weight excluding hydrogens is 414 g/mol. The molecule has 1 amide bonds. The van der Waals surface area contributed by atoms with Gasteiger partial charge in [0.15, 0.2) is 0 Å². The topological polar surface area (TPSA) is 160 Å². The maximum absolute atomic E-state index is 12.1. The van der Waals surface area contributed by atoms with Gasteiger partial charge in [0.25, 0.3) is 10.8 Å². The number of aromatic nitrogens is 4. The van der Waals surface area contributed by atoms with Crippen molar-refractivity contribution in [2.75, 3.05) is 18.2 Å². The Morgan fingerprint density at radius 3 is 2.57 bits per heavy atom. The molecule has 0 aliphatic heterocycles. The van der Waals surface area contributed by atoms with E-state index in [1.54, 1.807) is 31.2 Å². The van der Waals surface area contributed by atoms with Crippen LogP contribution in [-0.2, 0) is 16.0 Å². The van der Waals surface area contributed by atoms with Crippen LogP contribution in [0.4, 0.5) is 5.69 Å². The Bertz CT molecular complexity index is 1180. The van der Waals surface area contributed by atoms with Crippen molar-refractivity contribution in [1.29, 1.82) is 0 Å². The van der Waals surface area contributed by atoms with Gasteiger partial charge in [0, 0.05) is 16.9 Å². The van der Waals surface area contributed by atoms with Gasteiger partial charge in [0.1, 0.15) is 0 Å². The van der Waals surface area contributed by atoms with Crippen LogP contribution in [0.25, 0.3) is 0 Å². The fourth-order valence-electron chi connectivity index (χ4n) is 2.49. The van der Waals surface area contributed by atoms with Crippen molar-refractivity contribution in [3.8, 4) is 0 Å². The van der Waals surface area contributed by atoms with Crippen LogP contribution >= 0.6 is 11.8 Å². The lowest BCUT2D eigenvalue weighted by atomic mass is 10.2. The molecule has 30 heavy (non-hydrogen) atoms. The maximum atomic E-state index is 12.1. The number of methoxy groups -OCH3 is 1. The molecule has 2 heterocycles. The smallest absolute Gasteiger partial charge is 0.337 e. The number of amides is 1. The Hall–Kier alpha value is -3.67. The summed E-state index contributed by atoms with van der Waals surface area (Å²) in [5.41, 5.74) is 0.499. The molecule has 3 rings (SSSR count). The molecule has 0 bridgehead atoms. The van der Waals surface area contributed by atoms with E-state index in [1.165, 1.54) is 7.11 Å². The SMILES string of the molecule is COC(=O)c1ccc(NC(=O)CSc2nnc(Cc3c(C)[nH]c(=O)[nH]c3=O)o2)cc1. The molecule has 2 aromatic heterocycles. The predicted molar refractivity (Wildman–Crippen MR) is 107 cm³/mol. The monoisotopic (exact) mass is 431 g/mol. The van der Waals surface area contributed by atoms with Gasteiger partial charge >= 0.3 is 11.7 Å². The second-order valence-corrected chi connectivity index (χ2v) is 6.98. The number of hydrogen-bond donors (Lipinski definition) is 3. The lowest BCUT2D eigenvalue weighted by Crippen LogP contribution is -2.27. The Labute approximate surface area is 173 Å². The Morgan fingerprint density at radius 2 is 1.90 bits per heavy atom. The highest BCUT2D eigenvalue weighted by Gasteiger charge is 2.14. The van der Waals surface area contributed by atoms with E-state index in [-0.39, 0.29) is 29.2 Å². The summed E-state index contributed by atoms with van der Waals surface area (Å²) in [7, 11) is 1.29. The van der Waals surface area contributed by atoms with E-state index >= 15 is 0 Å². The number of thioether (sulfide) groups is 1. The van der Waals surface area contributed by atoms with Crippen LogP contribution in [0.3, 0.4) is 0 Å². The molecule has 0 fully saturated rings. The number of nitrogens with one attached hydrogen (secondary N) is 3. The number of carbonyl (C=O) groups excluding carboxylic acids is 2. The zero-order chi connectivity index (χ0) is 21.7. The number of hydrogen-bond acceptors (Lipinski definition) is 9. The van der Waals surface area contributed by atoms with Crippen LogP contribution in [0.5, 0.6) is 0 Å². The van der Waals surface area contributed by atoms with Crippen molar-refractivity contribution >= 4 is 29.3 Å². The van der Waals surface area contributed by atoms with E-state index in [1.807, 2.05) is 0 Å². The minimum Gasteiger partial charge on any atom is -0.465 e. The van der Waals surface area contributed by atoms with E-state index in [0.29, 0.717) is 22.5 Å². The maximum Gasteiger partial charge on any atom is 0.337 e. The summed E-state index contributed by atoms with van der Waals surface area (Å²) in [5.74, 6) is -0.580. The first-order chi connectivity index (χ1) is 14.4. The van der Waals surface area contributed by atoms with E-state index in [0.717, 1.165) is 11.8 Å². The first-order valence-corrected chi connectivity index (χ1v) is 9.59. The molecule has 0 saturated carbocycles. The molecule has 0 unspecified atom stereocenters. The Morgan fingerprint density at radius 1 is 1.17 bits per heavy atom. The molecule has 0 radical (unpaired) electrons. The minimum atomic E-state index is -0.589. The minimum absolute atomic E-state index is 0.0126. The highest BCUT2D eigenvalue weighted by molar-refractivity contribution is 7.99. The van der Waals surface area contributed by atoms with Gasteiger partial charge < -0.3 is 19.5 Å². The highest BCUT2D eigenvalue weighted by atomic mass is 32.2. The van der Waals surface area contributed by atoms with Crippen LogP contribution < -0.4 is 16.6 Å². The van der Waals surface area contributed by atoms with Gasteiger partial charge in [-0.15, -0.1) is 10.2 Å². The third-order valence-corrected chi connectivity index (χ3v) is 4.77. The van der Waals surface area contributed by atoms with Gasteiger partial charge in [-0.25, -0.2) is 9.59 Å². The number of benzene rings is 1. The second-order valence-electron chi connectivity index (χ2n) is 6.06. The fraction of sp³-hybridized carbons (Fsp3) is 0.222. The molecule has 12 heteroatoms. The molecule has 0 spiro atoms. The van der Waals surface area contributed by atoms with Crippen LogP contribution in [0.2, 0.25) is 0 Å². The zero-order valence-electron chi connectivity index (χ0n) is 16.0. The van der Waals surface area contributed by atoms with E-state index < -0.39 is 17.2 Å². The molecule has 0 aliphatic rings. The van der Waals surface area contributed by atoms with E-state index in [2.05, 4.69) is 30.2 Å². The molecule has 1 aromatic carbocycles. The summed E-state index contributed by atoms with van der Waals surface area (Å²) in [6.45, 7) is 1.60. The standard InChI is InChI=1S/C18H17N5O6S/c1-9-12(15(25)21-17(27)19-9)7-14-22-23-18(29-14)30-8-13(24)20-11-5-3-10(4-6-11)16(26)28-2/h3-6H,7-8H2,1-2H3,(H,20,24)(H2,19,21,25,27). The van der Waals surface area contributed by atoms with Crippen LogP contribution in [0.1, 0.15) is 27.5 Å². The van der Waals surface area contributed by atoms with Gasteiger partial charge in [-0.1, -0.05) is 11.8 Å². The van der Waals surface area contributed by atoms with E-state index in [4.69, 9.17) is 4.42 Å². The average Bonchev–Trinajstić information content (AvgIpc) is 3.17. The van der Waals surface area contributed by atoms with Crippen molar-refractivity contribution in [3.05, 3.63) is 67.8 Å². The van der Waals surface area contributed by atoms with Crippen molar-refractivity contribution in [2.24, 2.45) is 0 Å². The third kappa shape index (κ3) is 5.23.